The first-order chi connectivity index (χ1) is 14.9. The second-order valence-corrected chi connectivity index (χ2v) is 10.2. The number of oxazole rings is 1. The molecular formula is C23H25ClN2O4S. The van der Waals surface area contributed by atoms with Gasteiger partial charge in [-0.3, -0.25) is 0 Å². The van der Waals surface area contributed by atoms with Crippen LogP contribution in [0.5, 0.6) is 5.75 Å². The fraction of sp³-hybridized carbons (Fsp3) is 0.348. The molecule has 3 aromatic rings. The van der Waals surface area contributed by atoms with Crippen molar-refractivity contribution in [2.75, 3.05) is 25.1 Å². The van der Waals surface area contributed by atoms with Gasteiger partial charge in [-0.15, -0.1) is 0 Å². The van der Waals surface area contributed by atoms with Crippen molar-refractivity contribution in [2.45, 2.75) is 36.1 Å². The molecule has 0 unspecified atom stereocenters. The van der Waals surface area contributed by atoms with Crippen LogP contribution in [0, 0.1) is 5.92 Å². The molecule has 164 valence electrons. The van der Waals surface area contributed by atoms with Gasteiger partial charge < -0.3 is 14.1 Å². The largest absolute Gasteiger partial charge is 0.497 e. The summed E-state index contributed by atoms with van der Waals surface area (Å²) in [5, 5.41) is 0.442. The van der Waals surface area contributed by atoms with Crippen molar-refractivity contribution < 1.29 is 17.6 Å². The first-order valence-electron chi connectivity index (χ1n) is 10.2. The Bertz CT molecular complexity index is 1130. The van der Waals surface area contributed by atoms with Gasteiger partial charge in [0.15, 0.2) is 0 Å². The van der Waals surface area contributed by atoms with Gasteiger partial charge in [-0.25, -0.2) is 8.42 Å². The number of rotatable bonds is 6. The molecule has 1 fully saturated rings. The lowest BCUT2D eigenvalue weighted by Gasteiger charge is -2.30. The molecule has 0 atom stereocenters. The summed E-state index contributed by atoms with van der Waals surface area (Å²) in [7, 11) is -2.24. The van der Waals surface area contributed by atoms with E-state index in [-0.39, 0.29) is 9.92 Å². The van der Waals surface area contributed by atoms with E-state index in [0.717, 1.165) is 37.2 Å². The van der Waals surface area contributed by atoms with E-state index < -0.39 is 9.84 Å². The fourth-order valence-electron chi connectivity index (χ4n) is 3.64. The van der Waals surface area contributed by atoms with Gasteiger partial charge in [0.05, 0.1) is 12.0 Å². The molecule has 6 nitrogen and oxygen atoms in total. The Morgan fingerprint density at radius 2 is 1.74 bits per heavy atom. The number of anilines is 1. The maximum Gasteiger partial charge on any atom is 0.236 e. The highest BCUT2D eigenvalue weighted by atomic mass is 35.5. The van der Waals surface area contributed by atoms with Crippen molar-refractivity contribution in [2.24, 2.45) is 5.92 Å². The lowest BCUT2D eigenvalue weighted by molar-refractivity contribution is 0.407. The van der Waals surface area contributed by atoms with Gasteiger partial charge in [0.2, 0.25) is 26.6 Å². The molecule has 4 rings (SSSR count). The van der Waals surface area contributed by atoms with Gasteiger partial charge in [-0.1, -0.05) is 30.7 Å². The Morgan fingerprint density at radius 1 is 1.10 bits per heavy atom. The Balaban J connectivity index is 1.72. The Labute approximate surface area is 187 Å². The van der Waals surface area contributed by atoms with Crippen LogP contribution in [0.2, 0.25) is 5.02 Å². The Hall–Kier alpha value is -2.51. The third kappa shape index (κ3) is 4.72. The maximum absolute atomic E-state index is 13.4. The van der Waals surface area contributed by atoms with Crippen molar-refractivity contribution in [3.63, 3.8) is 0 Å². The number of halogens is 1. The van der Waals surface area contributed by atoms with Gasteiger partial charge in [-0.2, -0.15) is 4.98 Å². The zero-order valence-electron chi connectivity index (χ0n) is 17.5. The number of benzene rings is 2. The number of sulfone groups is 1. The second kappa shape index (κ2) is 8.93. The van der Waals surface area contributed by atoms with Crippen LogP contribution in [-0.2, 0) is 16.3 Å². The van der Waals surface area contributed by atoms with Crippen LogP contribution in [0.25, 0.3) is 0 Å². The zero-order valence-corrected chi connectivity index (χ0v) is 19.1. The summed E-state index contributed by atoms with van der Waals surface area (Å²) in [6, 6.07) is 13.7. The highest BCUT2D eigenvalue weighted by Crippen LogP contribution is 2.34. The van der Waals surface area contributed by atoms with E-state index in [4.69, 9.17) is 20.8 Å². The molecule has 31 heavy (non-hydrogen) atoms. The van der Waals surface area contributed by atoms with Crippen molar-refractivity contribution in [1.82, 2.24) is 4.98 Å². The lowest BCUT2D eigenvalue weighted by Crippen LogP contribution is -2.33. The van der Waals surface area contributed by atoms with Crippen LogP contribution in [0.15, 0.2) is 62.9 Å². The van der Waals surface area contributed by atoms with Gasteiger partial charge in [0.1, 0.15) is 5.75 Å². The summed E-state index contributed by atoms with van der Waals surface area (Å²) in [6.07, 6.45) is 2.35. The molecule has 0 N–H and O–H groups in total. The molecule has 0 radical (unpaired) electrons. The summed E-state index contributed by atoms with van der Waals surface area (Å²) < 4.78 is 38.1. The normalized spacial score (nSPS) is 15.3. The minimum Gasteiger partial charge on any atom is -0.497 e. The summed E-state index contributed by atoms with van der Waals surface area (Å²) in [6.45, 7) is 3.68. The summed E-state index contributed by atoms with van der Waals surface area (Å²) in [4.78, 5) is 6.59. The quantitative estimate of drug-likeness (QED) is 0.515. The predicted molar refractivity (Wildman–Crippen MR) is 120 cm³/mol. The fourth-order valence-corrected chi connectivity index (χ4v) is 5.11. The summed E-state index contributed by atoms with van der Waals surface area (Å²) in [5.41, 5.74) is 0.955. The number of hydrogen-bond donors (Lipinski definition) is 0. The van der Waals surface area contributed by atoms with Crippen molar-refractivity contribution in [3.8, 4) is 5.75 Å². The van der Waals surface area contributed by atoms with E-state index in [0.29, 0.717) is 29.1 Å². The van der Waals surface area contributed by atoms with Crippen LogP contribution in [-0.4, -0.2) is 33.6 Å². The molecular weight excluding hydrogens is 436 g/mol. The van der Waals surface area contributed by atoms with E-state index in [1.807, 2.05) is 29.2 Å². The molecule has 0 aliphatic carbocycles. The smallest absolute Gasteiger partial charge is 0.236 e. The topological polar surface area (TPSA) is 72.6 Å². The minimum atomic E-state index is -3.86. The molecule has 2 aromatic carbocycles. The number of ether oxygens (including phenoxy) is 1. The van der Waals surface area contributed by atoms with Gasteiger partial charge in [-0.05, 0) is 60.7 Å². The number of hydrogen-bond acceptors (Lipinski definition) is 6. The Morgan fingerprint density at radius 3 is 2.35 bits per heavy atom. The average Bonchev–Trinajstić information content (AvgIpc) is 3.20. The zero-order chi connectivity index (χ0) is 22.0. The lowest BCUT2D eigenvalue weighted by atomic mass is 9.99. The Kier molecular flexibility index (Phi) is 6.25. The standard InChI is InChI=1S/C23H25ClN2O4S/c1-16-11-13-26(14-12-16)23-22(31(27,28)20-9-5-18(24)6-10-20)25-21(30-23)15-17-3-7-19(29-2)8-4-17/h3-10,16H,11-15H2,1-2H3. The molecule has 0 spiro atoms. The molecule has 2 heterocycles. The van der Waals surface area contributed by atoms with Gasteiger partial charge >= 0.3 is 0 Å². The number of aromatic nitrogens is 1. The number of piperidine rings is 1. The van der Waals surface area contributed by atoms with Crippen molar-refractivity contribution >= 4 is 27.3 Å². The molecule has 1 saturated heterocycles. The van der Waals surface area contributed by atoms with E-state index in [1.54, 1.807) is 19.2 Å². The molecule has 1 aromatic heterocycles. The molecule has 8 heteroatoms. The second-order valence-electron chi connectivity index (χ2n) is 7.87. The summed E-state index contributed by atoms with van der Waals surface area (Å²) >= 11 is 5.94. The minimum absolute atomic E-state index is 0.0344. The van der Waals surface area contributed by atoms with Crippen LogP contribution in [0.4, 0.5) is 5.88 Å². The number of nitrogens with zero attached hydrogens (tertiary/aromatic N) is 2. The van der Waals surface area contributed by atoms with Gasteiger partial charge in [0.25, 0.3) is 0 Å². The van der Waals surface area contributed by atoms with E-state index >= 15 is 0 Å². The highest BCUT2D eigenvalue weighted by Gasteiger charge is 2.32. The van der Waals surface area contributed by atoms with E-state index in [1.165, 1.54) is 12.1 Å². The molecule has 1 aliphatic rings. The van der Waals surface area contributed by atoms with E-state index in [9.17, 15) is 8.42 Å². The average molecular weight is 461 g/mol. The van der Waals surface area contributed by atoms with E-state index in [2.05, 4.69) is 11.9 Å². The van der Waals surface area contributed by atoms with Crippen LogP contribution >= 0.6 is 11.6 Å². The molecule has 0 amide bonds. The summed E-state index contributed by atoms with van der Waals surface area (Å²) in [5.74, 6) is 2.05. The number of methoxy groups -OCH3 is 1. The maximum atomic E-state index is 13.4. The molecule has 0 saturated carbocycles. The first kappa shape index (κ1) is 21.7. The van der Waals surface area contributed by atoms with Crippen LogP contribution < -0.4 is 9.64 Å². The van der Waals surface area contributed by atoms with Crippen molar-refractivity contribution in [1.29, 1.82) is 0 Å². The molecule has 1 aliphatic heterocycles. The first-order valence-corrected chi connectivity index (χ1v) is 12.1. The highest BCUT2D eigenvalue weighted by molar-refractivity contribution is 7.91. The van der Waals surface area contributed by atoms with Crippen LogP contribution in [0.1, 0.15) is 31.2 Å². The third-order valence-corrected chi connectivity index (χ3v) is 7.51. The van der Waals surface area contributed by atoms with Gasteiger partial charge in [0, 0.05) is 24.5 Å². The van der Waals surface area contributed by atoms with Crippen LogP contribution in [0.3, 0.4) is 0 Å². The third-order valence-electron chi connectivity index (χ3n) is 5.59. The predicted octanol–water partition coefficient (Wildman–Crippen LogP) is 5.00. The van der Waals surface area contributed by atoms with Crippen molar-refractivity contribution in [3.05, 3.63) is 65.0 Å². The molecule has 0 bridgehead atoms. The SMILES string of the molecule is COc1ccc(Cc2nc(S(=O)(=O)c3ccc(Cl)cc3)c(N3CCC(C)CC3)o2)cc1. The monoisotopic (exact) mass is 460 g/mol.